The van der Waals surface area contributed by atoms with E-state index in [0.717, 1.165) is 0 Å². The van der Waals surface area contributed by atoms with Crippen LogP contribution in [0.5, 0.6) is 0 Å². The summed E-state index contributed by atoms with van der Waals surface area (Å²) in [4.78, 5) is 0. The van der Waals surface area contributed by atoms with Gasteiger partial charge in [0, 0.05) is 7.05 Å². The van der Waals surface area contributed by atoms with Gasteiger partial charge in [0.1, 0.15) is 0 Å². The fourth-order valence-corrected chi connectivity index (χ4v) is 0.100. The molecule has 0 amide bonds. The summed E-state index contributed by atoms with van der Waals surface area (Å²) < 4.78 is 0. The predicted octanol–water partition coefficient (Wildman–Crippen LogP) is 2.65. The minimum atomic E-state index is 1.25. The standard InChI is InChI=1S/C3H8.C2H7N3.C2H6/c1-3-2;1-3-5-4-2;1-2/h3H2,1-2H3;1-2H3,(H,3,4);1-2H3. The van der Waals surface area contributed by atoms with E-state index < -0.39 is 0 Å². The van der Waals surface area contributed by atoms with E-state index >= 15 is 0 Å². The monoisotopic (exact) mass is 147 g/mol. The van der Waals surface area contributed by atoms with Crippen LogP contribution in [0, 0.1) is 0 Å². The zero-order valence-electron chi connectivity index (χ0n) is 8.10. The molecule has 3 heteroatoms. The zero-order valence-corrected chi connectivity index (χ0v) is 8.10. The van der Waals surface area contributed by atoms with E-state index in [9.17, 15) is 0 Å². The summed E-state index contributed by atoms with van der Waals surface area (Å²) >= 11 is 0. The number of rotatable bonds is 1. The first-order valence-electron chi connectivity index (χ1n) is 3.79. The van der Waals surface area contributed by atoms with E-state index in [1.807, 2.05) is 13.8 Å². The van der Waals surface area contributed by atoms with Crippen LogP contribution in [0.2, 0.25) is 0 Å². The highest BCUT2D eigenvalue weighted by molar-refractivity contribution is 4.02. The molecule has 0 heterocycles. The lowest BCUT2D eigenvalue weighted by Crippen LogP contribution is -1.88. The molecule has 0 saturated heterocycles. The largest absolute Gasteiger partial charge is 0.295 e. The molecule has 3 nitrogen and oxygen atoms in total. The Hall–Kier alpha value is -0.600. The molecule has 1 N–H and O–H groups in total. The van der Waals surface area contributed by atoms with Gasteiger partial charge in [-0.1, -0.05) is 39.3 Å². The molecule has 10 heavy (non-hydrogen) atoms. The molecule has 0 saturated carbocycles. The Labute approximate surface area is 64.9 Å². The lowest BCUT2D eigenvalue weighted by atomic mass is 10.6. The molecule has 0 spiro atoms. The number of hydrogen-bond acceptors (Lipinski definition) is 2. The second-order valence-corrected chi connectivity index (χ2v) is 1.23. The van der Waals surface area contributed by atoms with Crippen molar-refractivity contribution < 1.29 is 0 Å². The highest BCUT2D eigenvalue weighted by Gasteiger charge is 1.45. The van der Waals surface area contributed by atoms with E-state index in [4.69, 9.17) is 0 Å². The van der Waals surface area contributed by atoms with Gasteiger partial charge in [-0.3, -0.25) is 5.43 Å². The third kappa shape index (κ3) is 155. The summed E-state index contributed by atoms with van der Waals surface area (Å²) in [6.45, 7) is 8.25. The second kappa shape index (κ2) is 39.8. The van der Waals surface area contributed by atoms with Crippen molar-refractivity contribution in [3.63, 3.8) is 0 Å². The summed E-state index contributed by atoms with van der Waals surface area (Å²) in [6, 6.07) is 0. The van der Waals surface area contributed by atoms with Gasteiger partial charge in [0.25, 0.3) is 0 Å². The Morgan fingerprint density at radius 1 is 1.20 bits per heavy atom. The van der Waals surface area contributed by atoms with E-state index in [1.165, 1.54) is 6.42 Å². The SMILES string of the molecule is CC.CCC.CN=NNC. The van der Waals surface area contributed by atoms with E-state index in [0.29, 0.717) is 0 Å². The van der Waals surface area contributed by atoms with Gasteiger partial charge in [-0.05, 0) is 0 Å². The smallest absolute Gasteiger partial charge is 0.0509 e. The maximum Gasteiger partial charge on any atom is 0.0509 e. The lowest BCUT2D eigenvalue weighted by molar-refractivity contribution is 0.806. The van der Waals surface area contributed by atoms with Crippen LogP contribution in [0.1, 0.15) is 34.1 Å². The normalized spacial score (nSPS) is 7.00. The lowest BCUT2D eigenvalue weighted by Gasteiger charge is -1.73. The first kappa shape index (κ1) is 16.2. The summed E-state index contributed by atoms with van der Waals surface area (Å²) in [6.07, 6.45) is 1.25. The van der Waals surface area contributed by atoms with Crippen molar-refractivity contribution >= 4 is 0 Å². The fraction of sp³-hybridized carbons (Fsp3) is 1.00. The van der Waals surface area contributed by atoms with Gasteiger partial charge in [-0.15, -0.1) is 0 Å². The molecular formula is C7H21N3. The van der Waals surface area contributed by atoms with Crippen LogP contribution < -0.4 is 5.43 Å². The molecule has 0 aliphatic heterocycles. The molecule has 0 atom stereocenters. The summed E-state index contributed by atoms with van der Waals surface area (Å²) in [5.74, 6) is 0. The predicted molar refractivity (Wildman–Crippen MR) is 47.2 cm³/mol. The van der Waals surface area contributed by atoms with Crippen LogP contribution in [0.3, 0.4) is 0 Å². The minimum absolute atomic E-state index is 1.25. The summed E-state index contributed by atoms with van der Waals surface area (Å²) in [7, 11) is 3.31. The van der Waals surface area contributed by atoms with Crippen LogP contribution in [0.25, 0.3) is 0 Å². The van der Waals surface area contributed by atoms with Crippen molar-refractivity contribution in [2.45, 2.75) is 34.1 Å². The molecule has 0 aromatic carbocycles. The van der Waals surface area contributed by atoms with Gasteiger partial charge >= 0.3 is 0 Å². The first-order chi connectivity index (χ1) is 4.83. The Morgan fingerprint density at radius 3 is 1.50 bits per heavy atom. The molecule has 0 aromatic heterocycles. The van der Waals surface area contributed by atoms with Crippen LogP contribution in [0.15, 0.2) is 10.3 Å². The Morgan fingerprint density at radius 2 is 1.50 bits per heavy atom. The number of hydrogen-bond donors (Lipinski definition) is 1. The maximum absolute atomic E-state index is 3.37. The van der Waals surface area contributed by atoms with E-state index in [-0.39, 0.29) is 0 Å². The van der Waals surface area contributed by atoms with Crippen LogP contribution in [-0.4, -0.2) is 14.1 Å². The molecule has 0 rings (SSSR count). The molecule has 0 bridgehead atoms. The van der Waals surface area contributed by atoms with Crippen molar-refractivity contribution in [3.8, 4) is 0 Å². The van der Waals surface area contributed by atoms with Crippen molar-refractivity contribution in [3.05, 3.63) is 0 Å². The molecule has 0 radical (unpaired) electrons. The van der Waals surface area contributed by atoms with Gasteiger partial charge in [0.05, 0.1) is 7.05 Å². The minimum Gasteiger partial charge on any atom is -0.295 e. The van der Waals surface area contributed by atoms with Gasteiger partial charge in [-0.2, -0.15) is 5.11 Å². The second-order valence-electron chi connectivity index (χ2n) is 1.23. The molecule has 0 aliphatic carbocycles. The number of nitrogens with one attached hydrogen (secondary N) is 1. The Bertz CT molecular complexity index is 44.1. The third-order valence-corrected chi connectivity index (χ3v) is 0.200. The van der Waals surface area contributed by atoms with Crippen LogP contribution in [0.4, 0.5) is 0 Å². The third-order valence-electron chi connectivity index (χ3n) is 0.200. The van der Waals surface area contributed by atoms with Crippen molar-refractivity contribution in [1.29, 1.82) is 0 Å². The molecule has 64 valence electrons. The highest BCUT2D eigenvalue weighted by atomic mass is 15.4. The van der Waals surface area contributed by atoms with E-state index in [2.05, 4.69) is 29.6 Å². The Kier molecular flexibility index (Phi) is 64.4. The van der Waals surface area contributed by atoms with Crippen LogP contribution in [-0.2, 0) is 0 Å². The summed E-state index contributed by atoms with van der Waals surface area (Å²) in [5, 5.41) is 6.72. The maximum atomic E-state index is 3.37. The molecular weight excluding hydrogens is 126 g/mol. The summed E-state index contributed by atoms with van der Waals surface area (Å²) in [5.41, 5.74) is 2.48. The average Bonchev–Trinajstić information content (AvgIpc) is 1.96. The van der Waals surface area contributed by atoms with Gasteiger partial charge < -0.3 is 0 Å². The molecule has 0 aliphatic rings. The van der Waals surface area contributed by atoms with Crippen LogP contribution >= 0.6 is 0 Å². The number of nitrogens with zero attached hydrogens (tertiary/aromatic N) is 2. The van der Waals surface area contributed by atoms with E-state index in [1.54, 1.807) is 14.1 Å². The van der Waals surface area contributed by atoms with Crippen molar-refractivity contribution in [1.82, 2.24) is 5.43 Å². The highest BCUT2D eigenvalue weighted by Crippen LogP contribution is 1.56. The topological polar surface area (TPSA) is 36.8 Å². The molecule has 0 fully saturated rings. The van der Waals surface area contributed by atoms with Crippen molar-refractivity contribution in [2.75, 3.05) is 14.1 Å². The fourth-order valence-electron chi connectivity index (χ4n) is 0.100. The zero-order chi connectivity index (χ0) is 8.83. The molecule has 0 aromatic rings. The first-order valence-corrected chi connectivity index (χ1v) is 3.79. The van der Waals surface area contributed by atoms with Gasteiger partial charge in [0.15, 0.2) is 0 Å². The van der Waals surface area contributed by atoms with Crippen molar-refractivity contribution in [2.24, 2.45) is 10.3 Å². The average molecular weight is 147 g/mol. The molecule has 0 unspecified atom stereocenters. The van der Waals surface area contributed by atoms with Gasteiger partial charge in [0.2, 0.25) is 0 Å². The quantitative estimate of drug-likeness (QED) is 0.449. The Balaban J connectivity index is -0.0000000847. The van der Waals surface area contributed by atoms with Gasteiger partial charge in [-0.25, -0.2) is 0 Å².